The lowest BCUT2D eigenvalue weighted by Crippen LogP contribution is -2.28. The van der Waals surface area contributed by atoms with Crippen molar-refractivity contribution in [1.29, 1.82) is 0 Å². The van der Waals surface area contributed by atoms with Crippen LogP contribution in [0.5, 0.6) is 0 Å². The molecule has 0 radical (unpaired) electrons. The van der Waals surface area contributed by atoms with E-state index in [1.807, 2.05) is 19.1 Å². The first kappa shape index (κ1) is 18.4. The number of aromatic nitrogens is 1. The van der Waals surface area contributed by atoms with Crippen molar-refractivity contribution in [3.05, 3.63) is 46.6 Å². The Morgan fingerprint density at radius 2 is 1.96 bits per heavy atom. The predicted molar refractivity (Wildman–Crippen MR) is 96.0 cm³/mol. The van der Waals surface area contributed by atoms with Crippen LogP contribution < -0.4 is 15.8 Å². The van der Waals surface area contributed by atoms with Gasteiger partial charge in [0.15, 0.2) is 0 Å². The summed E-state index contributed by atoms with van der Waals surface area (Å²) in [5.41, 5.74) is 7.34. The van der Waals surface area contributed by atoms with Gasteiger partial charge in [-0.3, -0.25) is 4.79 Å². The number of anilines is 2. The lowest BCUT2D eigenvalue weighted by atomic mass is 10.2. The molecule has 4 N–H and O–H groups in total. The monoisotopic (exact) mass is 412 g/mol. The third kappa shape index (κ3) is 5.02. The predicted octanol–water partition coefficient (Wildman–Crippen LogP) is 2.04. The highest BCUT2D eigenvalue weighted by Crippen LogP contribution is 2.20. The number of halogens is 1. The quantitative estimate of drug-likeness (QED) is 0.671. The van der Waals surface area contributed by atoms with Crippen molar-refractivity contribution in [2.45, 2.75) is 18.2 Å². The SMILES string of the molecule is Cc1ccc(NC(=O)CCNS(=O)(=O)c2cc(Br)cnc2N)cc1. The first-order valence-electron chi connectivity index (χ1n) is 7.05. The van der Waals surface area contributed by atoms with Gasteiger partial charge in [-0.25, -0.2) is 18.1 Å². The molecule has 1 heterocycles. The Labute approximate surface area is 148 Å². The zero-order valence-electron chi connectivity index (χ0n) is 12.9. The van der Waals surface area contributed by atoms with Gasteiger partial charge in [0.2, 0.25) is 15.9 Å². The third-order valence-corrected chi connectivity index (χ3v) is 5.04. The van der Waals surface area contributed by atoms with Gasteiger partial charge in [-0.05, 0) is 41.1 Å². The second-order valence-electron chi connectivity index (χ2n) is 5.10. The summed E-state index contributed by atoms with van der Waals surface area (Å²) in [5.74, 6) is -0.392. The van der Waals surface area contributed by atoms with E-state index in [2.05, 4.69) is 31.0 Å². The Hall–Kier alpha value is -1.97. The average Bonchev–Trinajstić information content (AvgIpc) is 2.51. The summed E-state index contributed by atoms with van der Waals surface area (Å²) in [5, 5.41) is 2.70. The molecule has 0 aliphatic carbocycles. The number of nitrogens with one attached hydrogen (secondary N) is 2. The van der Waals surface area contributed by atoms with Gasteiger partial charge in [0, 0.05) is 29.3 Å². The number of aryl methyl sites for hydroxylation is 1. The summed E-state index contributed by atoms with van der Waals surface area (Å²) in [4.78, 5) is 15.5. The fraction of sp³-hybridized carbons (Fsp3) is 0.200. The van der Waals surface area contributed by atoms with Gasteiger partial charge in [-0.15, -0.1) is 0 Å². The van der Waals surface area contributed by atoms with Crippen LogP contribution in [0, 0.1) is 6.92 Å². The van der Waals surface area contributed by atoms with Gasteiger partial charge in [0.1, 0.15) is 10.7 Å². The molecule has 7 nitrogen and oxygen atoms in total. The Morgan fingerprint density at radius 3 is 2.62 bits per heavy atom. The normalized spacial score (nSPS) is 11.2. The van der Waals surface area contributed by atoms with Crippen LogP contribution in [0.25, 0.3) is 0 Å². The molecule has 0 saturated carbocycles. The van der Waals surface area contributed by atoms with E-state index in [-0.39, 0.29) is 29.6 Å². The maximum atomic E-state index is 12.2. The largest absolute Gasteiger partial charge is 0.383 e. The maximum absolute atomic E-state index is 12.2. The van der Waals surface area contributed by atoms with Crippen molar-refractivity contribution >= 4 is 43.4 Å². The summed E-state index contributed by atoms with van der Waals surface area (Å²) >= 11 is 3.15. The van der Waals surface area contributed by atoms with Crippen LogP contribution in [0.1, 0.15) is 12.0 Å². The zero-order valence-corrected chi connectivity index (χ0v) is 15.3. The van der Waals surface area contributed by atoms with Crippen LogP contribution in [0.2, 0.25) is 0 Å². The number of nitrogens with zero attached hydrogens (tertiary/aromatic N) is 1. The molecule has 0 unspecified atom stereocenters. The van der Waals surface area contributed by atoms with Crippen molar-refractivity contribution in [2.75, 3.05) is 17.6 Å². The van der Waals surface area contributed by atoms with Crippen LogP contribution in [-0.2, 0) is 14.8 Å². The van der Waals surface area contributed by atoms with Crippen molar-refractivity contribution in [3.8, 4) is 0 Å². The van der Waals surface area contributed by atoms with E-state index < -0.39 is 10.0 Å². The van der Waals surface area contributed by atoms with E-state index in [9.17, 15) is 13.2 Å². The van der Waals surface area contributed by atoms with Crippen molar-refractivity contribution in [3.63, 3.8) is 0 Å². The lowest BCUT2D eigenvalue weighted by molar-refractivity contribution is -0.116. The summed E-state index contributed by atoms with van der Waals surface area (Å²) in [7, 11) is -3.84. The summed E-state index contributed by atoms with van der Waals surface area (Å²) in [6.45, 7) is 1.90. The number of sulfonamides is 1. The summed E-state index contributed by atoms with van der Waals surface area (Å²) in [6, 6.07) is 8.68. The smallest absolute Gasteiger partial charge is 0.244 e. The molecule has 128 valence electrons. The number of pyridine rings is 1. The molecule has 1 aromatic heterocycles. The molecule has 9 heteroatoms. The van der Waals surface area contributed by atoms with Crippen LogP contribution in [0.4, 0.5) is 11.5 Å². The van der Waals surface area contributed by atoms with Crippen molar-refractivity contribution in [2.24, 2.45) is 0 Å². The van der Waals surface area contributed by atoms with E-state index >= 15 is 0 Å². The Kier molecular flexibility index (Phi) is 5.92. The zero-order chi connectivity index (χ0) is 17.7. The van der Waals surface area contributed by atoms with E-state index in [0.29, 0.717) is 10.2 Å². The molecule has 2 rings (SSSR count). The maximum Gasteiger partial charge on any atom is 0.244 e. The highest BCUT2D eigenvalue weighted by Gasteiger charge is 2.19. The van der Waals surface area contributed by atoms with E-state index in [4.69, 9.17) is 5.73 Å². The molecule has 0 aliphatic rings. The average molecular weight is 413 g/mol. The number of nitrogens with two attached hydrogens (primary N) is 1. The van der Waals surface area contributed by atoms with Gasteiger partial charge in [-0.1, -0.05) is 17.7 Å². The molecule has 24 heavy (non-hydrogen) atoms. The molecule has 2 aromatic rings. The van der Waals surface area contributed by atoms with Gasteiger partial charge < -0.3 is 11.1 Å². The van der Waals surface area contributed by atoms with E-state index in [1.165, 1.54) is 12.3 Å². The second-order valence-corrected chi connectivity index (χ2v) is 7.75. The fourth-order valence-corrected chi connectivity index (χ4v) is 3.50. The van der Waals surface area contributed by atoms with Crippen LogP contribution >= 0.6 is 15.9 Å². The summed E-state index contributed by atoms with van der Waals surface area (Å²) in [6.07, 6.45) is 1.40. The van der Waals surface area contributed by atoms with E-state index in [1.54, 1.807) is 12.1 Å². The number of amides is 1. The van der Waals surface area contributed by atoms with Crippen molar-refractivity contribution in [1.82, 2.24) is 9.71 Å². The molecule has 0 aliphatic heterocycles. The molecule has 0 atom stereocenters. The van der Waals surface area contributed by atoms with Crippen LogP contribution in [-0.4, -0.2) is 25.9 Å². The highest BCUT2D eigenvalue weighted by molar-refractivity contribution is 9.10. The van der Waals surface area contributed by atoms with Gasteiger partial charge in [0.05, 0.1) is 0 Å². The minimum absolute atomic E-state index is 0.00551. The first-order valence-corrected chi connectivity index (χ1v) is 9.33. The Balaban J connectivity index is 1.91. The van der Waals surface area contributed by atoms with Gasteiger partial charge >= 0.3 is 0 Å². The van der Waals surface area contributed by atoms with E-state index in [0.717, 1.165) is 5.56 Å². The van der Waals surface area contributed by atoms with Crippen molar-refractivity contribution < 1.29 is 13.2 Å². The summed E-state index contributed by atoms with van der Waals surface area (Å²) < 4.78 is 27.2. The first-order chi connectivity index (χ1) is 11.3. The minimum atomic E-state index is -3.84. The standard InChI is InChI=1S/C15H17BrN4O3S/c1-10-2-4-12(5-3-10)20-14(21)6-7-19-24(22,23)13-8-11(16)9-18-15(13)17/h2-5,8-9,19H,6-7H2,1H3,(H2,17,18)(H,20,21). The molecule has 0 spiro atoms. The number of nitrogen functional groups attached to an aromatic ring is 1. The number of hydrogen-bond donors (Lipinski definition) is 3. The molecular weight excluding hydrogens is 396 g/mol. The molecule has 1 aromatic carbocycles. The number of carbonyl (C=O) groups excluding carboxylic acids is 1. The number of rotatable bonds is 6. The highest BCUT2D eigenvalue weighted by atomic mass is 79.9. The molecule has 0 bridgehead atoms. The number of carbonyl (C=O) groups is 1. The minimum Gasteiger partial charge on any atom is -0.383 e. The Morgan fingerprint density at radius 1 is 1.29 bits per heavy atom. The Bertz CT molecular complexity index is 838. The number of hydrogen-bond acceptors (Lipinski definition) is 5. The van der Waals surface area contributed by atoms with Gasteiger partial charge in [0.25, 0.3) is 0 Å². The third-order valence-electron chi connectivity index (χ3n) is 3.12. The molecule has 0 fully saturated rings. The van der Waals surface area contributed by atoms with Gasteiger partial charge in [-0.2, -0.15) is 0 Å². The lowest BCUT2D eigenvalue weighted by Gasteiger charge is -2.09. The van der Waals surface area contributed by atoms with Crippen LogP contribution in [0.3, 0.4) is 0 Å². The molecule has 0 saturated heterocycles. The number of benzene rings is 1. The molecule has 1 amide bonds. The molecular formula is C15H17BrN4O3S. The fourth-order valence-electron chi connectivity index (χ4n) is 1.88. The van der Waals surface area contributed by atoms with Crippen LogP contribution in [0.15, 0.2) is 45.9 Å². The second kappa shape index (κ2) is 7.73. The topological polar surface area (TPSA) is 114 Å².